The highest BCUT2D eigenvalue weighted by Crippen LogP contribution is 2.63. The zero-order chi connectivity index (χ0) is 7.41. The molecule has 1 nitrogen and oxygen atoms in total. The first-order valence-electron chi connectivity index (χ1n) is 4.25. The molecule has 58 valence electrons. The molecule has 0 amide bonds. The van der Waals surface area contributed by atoms with Gasteiger partial charge in [0, 0.05) is 0 Å². The molecule has 0 radical (unpaired) electrons. The van der Waals surface area contributed by atoms with E-state index in [-0.39, 0.29) is 0 Å². The Labute approximate surface area is 62.8 Å². The van der Waals surface area contributed by atoms with Crippen LogP contribution in [0, 0.1) is 11.3 Å². The summed E-state index contributed by atoms with van der Waals surface area (Å²) in [5.74, 6) is 0.866. The summed E-state index contributed by atoms with van der Waals surface area (Å²) in [6, 6.07) is 0. The van der Waals surface area contributed by atoms with Crippen molar-refractivity contribution in [1.82, 2.24) is 0 Å². The Balaban J connectivity index is 2.03. The molecule has 2 rings (SSSR count). The van der Waals surface area contributed by atoms with Crippen molar-refractivity contribution < 1.29 is 4.74 Å². The summed E-state index contributed by atoms with van der Waals surface area (Å²) in [7, 11) is 0. The van der Waals surface area contributed by atoms with Crippen LogP contribution in [-0.4, -0.2) is 12.2 Å². The first kappa shape index (κ1) is 6.66. The van der Waals surface area contributed by atoms with E-state index in [1.807, 2.05) is 0 Å². The van der Waals surface area contributed by atoms with E-state index in [1.165, 1.54) is 12.8 Å². The lowest BCUT2D eigenvalue weighted by atomic mass is 9.96. The summed E-state index contributed by atoms with van der Waals surface area (Å²) in [4.78, 5) is 0. The van der Waals surface area contributed by atoms with Gasteiger partial charge in [0.15, 0.2) is 0 Å². The van der Waals surface area contributed by atoms with Crippen molar-refractivity contribution in [2.24, 2.45) is 11.3 Å². The van der Waals surface area contributed by atoms with Gasteiger partial charge in [0.2, 0.25) is 0 Å². The maximum atomic E-state index is 5.50. The highest BCUT2D eigenvalue weighted by atomic mass is 16.6. The molecule has 10 heavy (non-hydrogen) atoms. The fourth-order valence-electron chi connectivity index (χ4n) is 2.11. The summed E-state index contributed by atoms with van der Waals surface area (Å²) in [6.45, 7) is 7.95. The largest absolute Gasteiger partial charge is 0.369 e. The van der Waals surface area contributed by atoms with E-state index in [0.29, 0.717) is 11.0 Å². The monoisotopic (exact) mass is 140 g/mol. The lowest BCUT2D eigenvalue weighted by Crippen LogP contribution is -2.15. The predicted molar refractivity (Wildman–Crippen MR) is 40.9 cm³/mol. The highest BCUT2D eigenvalue weighted by Gasteiger charge is 2.64. The van der Waals surface area contributed by atoms with Crippen LogP contribution >= 0.6 is 0 Å². The van der Waals surface area contributed by atoms with Gasteiger partial charge >= 0.3 is 0 Å². The quantitative estimate of drug-likeness (QED) is 0.536. The lowest BCUT2D eigenvalue weighted by Gasteiger charge is -2.09. The molecule has 0 N–H and O–H groups in total. The van der Waals surface area contributed by atoms with E-state index in [2.05, 4.69) is 20.8 Å². The molecule has 2 atom stereocenters. The first-order chi connectivity index (χ1) is 4.61. The third kappa shape index (κ3) is 0.731. The molecular formula is C9H16O. The average Bonchev–Trinajstić information content (AvgIpc) is 2.68. The maximum absolute atomic E-state index is 5.50. The second kappa shape index (κ2) is 1.58. The zero-order valence-electron chi connectivity index (χ0n) is 7.11. The van der Waals surface area contributed by atoms with E-state index >= 15 is 0 Å². The van der Waals surface area contributed by atoms with Crippen molar-refractivity contribution in [3.63, 3.8) is 0 Å². The number of hydrogen-bond acceptors (Lipinski definition) is 1. The Bertz CT molecular complexity index is 156. The molecule has 0 aromatic carbocycles. The van der Waals surface area contributed by atoms with Crippen LogP contribution in [0.25, 0.3) is 0 Å². The van der Waals surface area contributed by atoms with E-state index in [0.717, 1.165) is 12.5 Å². The summed E-state index contributed by atoms with van der Waals surface area (Å²) in [6.07, 6.45) is 2.59. The standard InChI is InChI=1S/C9H16O/c1-4-9(6-10-9)7-5-8(7,2)3/h7H,4-6H2,1-3H3. The van der Waals surface area contributed by atoms with E-state index in [4.69, 9.17) is 4.74 Å². The molecule has 1 aliphatic heterocycles. The van der Waals surface area contributed by atoms with Gasteiger partial charge in [-0.3, -0.25) is 0 Å². The normalized spacial score (nSPS) is 48.9. The van der Waals surface area contributed by atoms with Gasteiger partial charge in [-0.05, 0) is 24.2 Å². The summed E-state index contributed by atoms with van der Waals surface area (Å²) >= 11 is 0. The molecule has 0 bridgehead atoms. The Morgan fingerprint density at radius 1 is 1.50 bits per heavy atom. The van der Waals surface area contributed by atoms with Gasteiger partial charge in [0.25, 0.3) is 0 Å². The van der Waals surface area contributed by atoms with E-state index < -0.39 is 0 Å². The van der Waals surface area contributed by atoms with Gasteiger partial charge in [-0.25, -0.2) is 0 Å². The van der Waals surface area contributed by atoms with Gasteiger partial charge in [0.05, 0.1) is 12.2 Å². The molecule has 1 saturated carbocycles. The third-order valence-corrected chi connectivity index (χ3v) is 3.26. The first-order valence-corrected chi connectivity index (χ1v) is 4.25. The summed E-state index contributed by atoms with van der Waals surface area (Å²) in [5, 5.41) is 0. The minimum Gasteiger partial charge on any atom is -0.369 e. The van der Waals surface area contributed by atoms with Crippen LogP contribution in [-0.2, 0) is 4.74 Å². The Kier molecular flexibility index (Phi) is 1.05. The molecule has 1 heterocycles. The number of ether oxygens (including phenoxy) is 1. The molecule has 1 aliphatic carbocycles. The minimum atomic E-state index is 0.337. The summed E-state index contributed by atoms with van der Waals surface area (Å²) in [5.41, 5.74) is 0.927. The fourth-order valence-corrected chi connectivity index (χ4v) is 2.11. The van der Waals surface area contributed by atoms with Gasteiger partial charge in [0.1, 0.15) is 0 Å². The zero-order valence-corrected chi connectivity index (χ0v) is 7.11. The van der Waals surface area contributed by atoms with Crippen molar-refractivity contribution in [2.45, 2.75) is 39.2 Å². The van der Waals surface area contributed by atoms with Gasteiger partial charge in [-0.15, -0.1) is 0 Å². The minimum absolute atomic E-state index is 0.337. The second-order valence-electron chi connectivity index (χ2n) is 4.45. The number of hydrogen-bond donors (Lipinski definition) is 0. The van der Waals surface area contributed by atoms with Crippen LogP contribution in [0.5, 0.6) is 0 Å². The van der Waals surface area contributed by atoms with Crippen LogP contribution in [0.3, 0.4) is 0 Å². The smallest absolute Gasteiger partial charge is 0.0947 e. The van der Waals surface area contributed by atoms with Gasteiger partial charge in [-0.1, -0.05) is 20.8 Å². The number of epoxide rings is 1. The SMILES string of the molecule is CCC1(C2CC2(C)C)CO1. The van der Waals surface area contributed by atoms with Gasteiger partial charge < -0.3 is 4.74 Å². The molecule has 2 aliphatic rings. The molecule has 0 aromatic rings. The van der Waals surface area contributed by atoms with Crippen LogP contribution in [0.2, 0.25) is 0 Å². The van der Waals surface area contributed by atoms with Crippen LogP contribution in [0.4, 0.5) is 0 Å². The van der Waals surface area contributed by atoms with E-state index in [1.54, 1.807) is 0 Å². The fraction of sp³-hybridized carbons (Fsp3) is 1.00. The number of rotatable bonds is 2. The summed E-state index contributed by atoms with van der Waals surface area (Å²) < 4.78 is 5.50. The molecule has 1 heteroatoms. The lowest BCUT2D eigenvalue weighted by molar-refractivity contribution is 0.245. The van der Waals surface area contributed by atoms with Gasteiger partial charge in [-0.2, -0.15) is 0 Å². The maximum Gasteiger partial charge on any atom is 0.0947 e. The second-order valence-corrected chi connectivity index (χ2v) is 4.45. The molecule has 2 fully saturated rings. The van der Waals surface area contributed by atoms with Crippen LogP contribution in [0.1, 0.15) is 33.6 Å². The Morgan fingerprint density at radius 3 is 2.10 bits per heavy atom. The van der Waals surface area contributed by atoms with E-state index in [9.17, 15) is 0 Å². The molecule has 0 spiro atoms. The molecule has 0 aromatic heterocycles. The Morgan fingerprint density at radius 2 is 2.00 bits per heavy atom. The highest BCUT2D eigenvalue weighted by molar-refractivity contribution is 5.12. The van der Waals surface area contributed by atoms with Crippen molar-refractivity contribution in [2.75, 3.05) is 6.61 Å². The van der Waals surface area contributed by atoms with Crippen molar-refractivity contribution in [3.8, 4) is 0 Å². The molecule has 2 unspecified atom stereocenters. The molecule has 1 saturated heterocycles. The molecular weight excluding hydrogens is 124 g/mol. The van der Waals surface area contributed by atoms with Crippen molar-refractivity contribution >= 4 is 0 Å². The van der Waals surface area contributed by atoms with Crippen molar-refractivity contribution in [1.29, 1.82) is 0 Å². The third-order valence-electron chi connectivity index (χ3n) is 3.26. The van der Waals surface area contributed by atoms with Crippen LogP contribution in [0.15, 0.2) is 0 Å². The predicted octanol–water partition coefficient (Wildman–Crippen LogP) is 2.21. The topological polar surface area (TPSA) is 12.5 Å². The Hall–Kier alpha value is -0.0400. The van der Waals surface area contributed by atoms with Crippen LogP contribution < -0.4 is 0 Å². The van der Waals surface area contributed by atoms with Crippen molar-refractivity contribution in [3.05, 3.63) is 0 Å². The average molecular weight is 140 g/mol.